The number of halogens is 1. The van der Waals surface area contributed by atoms with Gasteiger partial charge in [-0.25, -0.2) is 4.98 Å². The molecule has 18 heavy (non-hydrogen) atoms. The molecule has 0 radical (unpaired) electrons. The first kappa shape index (κ1) is 12.9. The van der Waals surface area contributed by atoms with E-state index in [1.54, 1.807) is 6.07 Å². The van der Waals surface area contributed by atoms with Crippen LogP contribution in [-0.2, 0) is 5.88 Å². The summed E-state index contributed by atoms with van der Waals surface area (Å²) in [7, 11) is 0. The predicted octanol–water partition coefficient (Wildman–Crippen LogP) is 4.01. The summed E-state index contributed by atoms with van der Waals surface area (Å²) in [6, 6.07) is 8.10. The lowest BCUT2D eigenvalue weighted by molar-refractivity contribution is 0.500. The number of fused-ring (bicyclic) bond motifs is 1. The summed E-state index contributed by atoms with van der Waals surface area (Å²) in [6.07, 6.45) is 2.19. The minimum atomic E-state index is 0.350. The molecule has 1 unspecified atom stereocenters. The molecule has 0 amide bonds. The van der Waals surface area contributed by atoms with Crippen LogP contribution >= 0.6 is 11.6 Å². The zero-order valence-corrected chi connectivity index (χ0v) is 11.4. The van der Waals surface area contributed by atoms with Crippen molar-refractivity contribution in [3.63, 3.8) is 0 Å². The van der Waals surface area contributed by atoms with Crippen molar-refractivity contribution in [3.8, 4) is 6.07 Å². The summed E-state index contributed by atoms with van der Waals surface area (Å²) >= 11 is 5.97. The van der Waals surface area contributed by atoms with E-state index >= 15 is 0 Å². The molecule has 0 bridgehead atoms. The Hall–Kier alpha value is -1.53. The van der Waals surface area contributed by atoms with Crippen LogP contribution in [0.2, 0.25) is 0 Å². The van der Waals surface area contributed by atoms with Gasteiger partial charge in [-0.2, -0.15) is 5.26 Å². The molecule has 4 heteroatoms. The van der Waals surface area contributed by atoms with Gasteiger partial charge in [0.2, 0.25) is 0 Å². The summed E-state index contributed by atoms with van der Waals surface area (Å²) in [5.41, 5.74) is 2.58. The van der Waals surface area contributed by atoms with E-state index in [1.807, 2.05) is 12.1 Å². The highest BCUT2D eigenvalue weighted by molar-refractivity contribution is 6.16. The van der Waals surface area contributed by atoms with Crippen molar-refractivity contribution >= 4 is 22.6 Å². The van der Waals surface area contributed by atoms with Crippen LogP contribution in [0.5, 0.6) is 0 Å². The van der Waals surface area contributed by atoms with E-state index in [0.717, 1.165) is 29.7 Å². The SMILES string of the molecule is CCCC(C)n1c(CCl)nc2ccc(C#N)cc21. The molecule has 0 N–H and O–H groups in total. The smallest absolute Gasteiger partial charge is 0.125 e. The van der Waals surface area contributed by atoms with Crippen LogP contribution in [0, 0.1) is 11.3 Å². The Bertz CT molecular complexity index is 595. The molecule has 94 valence electrons. The first-order valence-electron chi connectivity index (χ1n) is 6.18. The molecule has 0 saturated heterocycles. The van der Waals surface area contributed by atoms with Gasteiger partial charge < -0.3 is 4.57 Å². The van der Waals surface area contributed by atoms with E-state index in [1.165, 1.54) is 0 Å². The van der Waals surface area contributed by atoms with Crippen molar-refractivity contribution in [2.45, 2.75) is 38.6 Å². The molecule has 1 aromatic heterocycles. The van der Waals surface area contributed by atoms with E-state index in [9.17, 15) is 0 Å². The largest absolute Gasteiger partial charge is 0.324 e. The van der Waals surface area contributed by atoms with Gasteiger partial charge in [0.15, 0.2) is 0 Å². The van der Waals surface area contributed by atoms with Gasteiger partial charge in [0.1, 0.15) is 5.82 Å². The molecule has 0 fully saturated rings. The van der Waals surface area contributed by atoms with Crippen molar-refractivity contribution < 1.29 is 0 Å². The minimum absolute atomic E-state index is 0.350. The number of hydrogen-bond acceptors (Lipinski definition) is 2. The molecule has 2 rings (SSSR count). The Balaban J connectivity index is 2.63. The summed E-state index contributed by atoms with van der Waals surface area (Å²) in [5.74, 6) is 1.27. The molecule has 0 spiro atoms. The average molecular weight is 262 g/mol. The van der Waals surface area contributed by atoms with Crippen LogP contribution in [-0.4, -0.2) is 9.55 Å². The van der Waals surface area contributed by atoms with Gasteiger partial charge in [-0.05, 0) is 31.5 Å². The normalized spacial score (nSPS) is 12.6. The van der Waals surface area contributed by atoms with E-state index in [0.29, 0.717) is 17.5 Å². The van der Waals surface area contributed by atoms with Gasteiger partial charge in [0.25, 0.3) is 0 Å². The van der Waals surface area contributed by atoms with Crippen molar-refractivity contribution in [1.29, 1.82) is 5.26 Å². The molecular formula is C14H16ClN3. The number of benzene rings is 1. The molecular weight excluding hydrogens is 246 g/mol. The average Bonchev–Trinajstić information content (AvgIpc) is 2.76. The van der Waals surface area contributed by atoms with E-state index < -0.39 is 0 Å². The highest BCUT2D eigenvalue weighted by atomic mass is 35.5. The highest BCUT2D eigenvalue weighted by Gasteiger charge is 2.15. The summed E-state index contributed by atoms with van der Waals surface area (Å²) in [6.45, 7) is 4.33. The van der Waals surface area contributed by atoms with E-state index in [2.05, 4.69) is 29.5 Å². The topological polar surface area (TPSA) is 41.6 Å². The predicted molar refractivity (Wildman–Crippen MR) is 73.6 cm³/mol. The van der Waals surface area contributed by atoms with Gasteiger partial charge in [-0.1, -0.05) is 13.3 Å². The van der Waals surface area contributed by atoms with Gasteiger partial charge in [-0.15, -0.1) is 11.6 Å². The van der Waals surface area contributed by atoms with Crippen molar-refractivity contribution in [3.05, 3.63) is 29.6 Å². The second-order valence-corrected chi connectivity index (χ2v) is 4.75. The lowest BCUT2D eigenvalue weighted by atomic mass is 10.1. The number of nitriles is 1. The first-order valence-corrected chi connectivity index (χ1v) is 6.71. The highest BCUT2D eigenvalue weighted by Crippen LogP contribution is 2.25. The van der Waals surface area contributed by atoms with Gasteiger partial charge in [0, 0.05) is 6.04 Å². The molecule has 0 aliphatic carbocycles. The molecule has 3 nitrogen and oxygen atoms in total. The fraction of sp³-hybridized carbons (Fsp3) is 0.429. The Labute approximate surface area is 112 Å². The quantitative estimate of drug-likeness (QED) is 0.781. The standard InChI is InChI=1S/C14H16ClN3/c1-3-4-10(2)18-13-7-11(9-16)5-6-12(13)17-14(18)8-15/h5-7,10H,3-4,8H2,1-2H3. The molecule has 0 aliphatic heterocycles. The fourth-order valence-electron chi connectivity index (χ4n) is 2.35. The third-order valence-corrected chi connectivity index (χ3v) is 3.40. The second-order valence-electron chi connectivity index (χ2n) is 4.48. The molecule has 1 atom stereocenters. The Kier molecular flexibility index (Phi) is 3.88. The van der Waals surface area contributed by atoms with Crippen LogP contribution < -0.4 is 0 Å². The Morgan fingerprint density at radius 2 is 2.28 bits per heavy atom. The summed E-state index contributed by atoms with van der Waals surface area (Å²) in [4.78, 5) is 4.53. The van der Waals surface area contributed by atoms with Crippen molar-refractivity contribution in [2.75, 3.05) is 0 Å². The van der Waals surface area contributed by atoms with Crippen LogP contribution in [0.25, 0.3) is 11.0 Å². The number of alkyl halides is 1. The molecule has 0 aliphatic rings. The van der Waals surface area contributed by atoms with Crippen LogP contribution in [0.15, 0.2) is 18.2 Å². The van der Waals surface area contributed by atoms with Crippen LogP contribution in [0.4, 0.5) is 0 Å². The van der Waals surface area contributed by atoms with Crippen LogP contribution in [0.3, 0.4) is 0 Å². The molecule has 2 aromatic rings. The molecule has 1 heterocycles. The zero-order valence-electron chi connectivity index (χ0n) is 10.7. The summed E-state index contributed by atoms with van der Waals surface area (Å²) in [5, 5.41) is 8.99. The number of nitrogens with zero attached hydrogens (tertiary/aromatic N) is 3. The number of hydrogen-bond donors (Lipinski definition) is 0. The van der Waals surface area contributed by atoms with Gasteiger partial charge in [-0.3, -0.25) is 0 Å². The van der Waals surface area contributed by atoms with Crippen molar-refractivity contribution in [2.24, 2.45) is 0 Å². The Morgan fingerprint density at radius 1 is 1.50 bits per heavy atom. The maximum Gasteiger partial charge on any atom is 0.125 e. The lowest BCUT2D eigenvalue weighted by Gasteiger charge is -2.16. The maximum atomic E-state index is 8.99. The third-order valence-electron chi connectivity index (χ3n) is 3.16. The van der Waals surface area contributed by atoms with E-state index in [4.69, 9.17) is 16.9 Å². The molecule has 0 saturated carbocycles. The number of imidazole rings is 1. The lowest BCUT2D eigenvalue weighted by Crippen LogP contribution is -2.08. The van der Waals surface area contributed by atoms with E-state index in [-0.39, 0.29) is 0 Å². The second kappa shape index (κ2) is 5.41. The number of rotatable bonds is 4. The third kappa shape index (κ3) is 2.21. The Morgan fingerprint density at radius 3 is 2.89 bits per heavy atom. The molecule has 1 aromatic carbocycles. The fourth-order valence-corrected chi connectivity index (χ4v) is 2.53. The van der Waals surface area contributed by atoms with Crippen molar-refractivity contribution in [1.82, 2.24) is 9.55 Å². The van der Waals surface area contributed by atoms with Crippen LogP contribution in [0.1, 0.15) is 44.1 Å². The van der Waals surface area contributed by atoms with Gasteiger partial charge in [0.05, 0.1) is 28.5 Å². The monoisotopic (exact) mass is 261 g/mol. The maximum absolute atomic E-state index is 8.99. The van der Waals surface area contributed by atoms with Gasteiger partial charge >= 0.3 is 0 Å². The minimum Gasteiger partial charge on any atom is -0.324 e. The summed E-state index contributed by atoms with van der Waals surface area (Å²) < 4.78 is 2.16. The number of aromatic nitrogens is 2. The zero-order chi connectivity index (χ0) is 13.1. The first-order chi connectivity index (χ1) is 8.71.